The molecule has 148 valence electrons. The Kier molecular flexibility index (Phi) is 6.95. The molecule has 29 heavy (non-hydrogen) atoms. The Morgan fingerprint density at radius 3 is 2.03 bits per heavy atom. The van der Waals surface area contributed by atoms with Crippen molar-refractivity contribution in [3.63, 3.8) is 0 Å². The molecule has 0 radical (unpaired) electrons. The minimum Gasteiger partial charge on any atom is -0.350 e. The maximum atomic E-state index is 13.8. The second-order valence-electron chi connectivity index (χ2n) is 6.52. The number of benzene rings is 3. The van der Waals surface area contributed by atoms with Crippen molar-refractivity contribution in [1.29, 1.82) is 0 Å². The molecule has 0 fully saturated rings. The lowest BCUT2D eigenvalue weighted by molar-refractivity contribution is -0.123. The molecular formula is C23H22FN3O2. The highest BCUT2D eigenvalue weighted by atomic mass is 19.1. The summed E-state index contributed by atoms with van der Waals surface area (Å²) in [5.74, 6) is -0.864. The van der Waals surface area contributed by atoms with Crippen LogP contribution < -0.4 is 16.0 Å². The van der Waals surface area contributed by atoms with Gasteiger partial charge in [0.25, 0.3) is 0 Å². The van der Waals surface area contributed by atoms with E-state index in [9.17, 15) is 14.0 Å². The van der Waals surface area contributed by atoms with Crippen molar-refractivity contribution in [3.8, 4) is 0 Å². The number of rotatable bonds is 7. The lowest BCUT2D eigenvalue weighted by Crippen LogP contribution is -2.49. The van der Waals surface area contributed by atoms with Crippen LogP contribution in [-0.4, -0.2) is 18.0 Å². The molecule has 1 unspecified atom stereocenters. The highest BCUT2D eigenvalue weighted by Crippen LogP contribution is 2.12. The Morgan fingerprint density at radius 2 is 1.38 bits per heavy atom. The van der Waals surface area contributed by atoms with Gasteiger partial charge in [-0.1, -0.05) is 72.8 Å². The SMILES string of the molecule is O=C(Nc1ccccc1F)NC(Cc1ccccc1)C(=O)NCc1ccccc1. The predicted molar refractivity (Wildman–Crippen MR) is 111 cm³/mol. The van der Waals surface area contributed by atoms with E-state index in [-0.39, 0.29) is 11.6 Å². The third-order valence-electron chi connectivity index (χ3n) is 4.34. The maximum Gasteiger partial charge on any atom is 0.319 e. The summed E-state index contributed by atoms with van der Waals surface area (Å²) in [6.45, 7) is 0.349. The van der Waals surface area contributed by atoms with Crippen LogP contribution in [0.2, 0.25) is 0 Å². The average molecular weight is 391 g/mol. The minimum absolute atomic E-state index is 0.0492. The van der Waals surface area contributed by atoms with E-state index < -0.39 is 17.9 Å². The number of halogens is 1. The number of hydrogen-bond donors (Lipinski definition) is 3. The van der Waals surface area contributed by atoms with E-state index in [0.29, 0.717) is 13.0 Å². The minimum atomic E-state index is -0.812. The number of amides is 3. The number of carbonyl (C=O) groups excluding carboxylic acids is 2. The van der Waals surface area contributed by atoms with Crippen LogP contribution in [0.25, 0.3) is 0 Å². The monoisotopic (exact) mass is 391 g/mol. The number of hydrogen-bond acceptors (Lipinski definition) is 2. The van der Waals surface area contributed by atoms with E-state index >= 15 is 0 Å². The van der Waals surface area contributed by atoms with Crippen molar-refractivity contribution >= 4 is 17.6 Å². The first-order valence-corrected chi connectivity index (χ1v) is 9.29. The van der Waals surface area contributed by atoms with Gasteiger partial charge in [0.1, 0.15) is 11.9 Å². The van der Waals surface area contributed by atoms with Gasteiger partial charge < -0.3 is 16.0 Å². The second-order valence-corrected chi connectivity index (χ2v) is 6.52. The van der Waals surface area contributed by atoms with Crippen LogP contribution in [0.15, 0.2) is 84.9 Å². The zero-order valence-electron chi connectivity index (χ0n) is 15.8. The number of carbonyl (C=O) groups is 2. The summed E-state index contributed by atoms with van der Waals surface area (Å²) in [6, 6.07) is 23.3. The first-order valence-electron chi connectivity index (χ1n) is 9.29. The molecule has 0 spiro atoms. The van der Waals surface area contributed by atoms with Gasteiger partial charge in [0.05, 0.1) is 5.69 Å². The van der Waals surface area contributed by atoms with Crippen molar-refractivity contribution in [2.45, 2.75) is 19.0 Å². The normalized spacial score (nSPS) is 11.3. The molecule has 0 aliphatic rings. The van der Waals surface area contributed by atoms with Crippen LogP contribution in [0.3, 0.4) is 0 Å². The quantitative estimate of drug-likeness (QED) is 0.572. The predicted octanol–water partition coefficient (Wildman–Crippen LogP) is 3.87. The number of anilines is 1. The fourth-order valence-corrected chi connectivity index (χ4v) is 2.85. The Morgan fingerprint density at radius 1 is 0.793 bits per heavy atom. The summed E-state index contributed by atoms with van der Waals surface area (Å²) < 4.78 is 13.8. The average Bonchev–Trinajstić information content (AvgIpc) is 2.75. The Bertz CT molecular complexity index is 949. The van der Waals surface area contributed by atoms with Crippen molar-refractivity contribution < 1.29 is 14.0 Å². The molecule has 0 bridgehead atoms. The van der Waals surface area contributed by atoms with Gasteiger partial charge in [-0.2, -0.15) is 0 Å². The molecule has 3 aromatic rings. The molecule has 0 saturated heterocycles. The zero-order valence-corrected chi connectivity index (χ0v) is 15.8. The summed E-state index contributed by atoms with van der Waals surface area (Å²) in [6.07, 6.45) is 0.312. The highest BCUT2D eigenvalue weighted by Gasteiger charge is 2.21. The van der Waals surface area contributed by atoms with Gasteiger partial charge in [-0.25, -0.2) is 9.18 Å². The van der Waals surface area contributed by atoms with Crippen molar-refractivity contribution in [1.82, 2.24) is 10.6 Å². The summed E-state index contributed by atoms with van der Waals surface area (Å²) in [5, 5.41) is 7.94. The first kappa shape index (κ1) is 20.1. The number of para-hydroxylation sites is 1. The van der Waals surface area contributed by atoms with Gasteiger partial charge in [0, 0.05) is 13.0 Å². The summed E-state index contributed by atoms with van der Waals surface area (Å²) in [4.78, 5) is 25.1. The van der Waals surface area contributed by atoms with Crippen LogP contribution in [0, 0.1) is 5.82 Å². The Hall–Kier alpha value is -3.67. The lowest BCUT2D eigenvalue weighted by atomic mass is 10.1. The van der Waals surface area contributed by atoms with E-state index in [1.54, 1.807) is 6.07 Å². The van der Waals surface area contributed by atoms with E-state index in [0.717, 1.165) is 11.1 Å². The second kappa shape index (κ2) is 10.0. The van der Waals surface area contributed by atoms with Crippen molar-refractivity contribution in [3.05, 3.63) is 102 Å². The highest BCUT2D eigenvalue weighted by molar-refractivity contribution is 5.93. The molecule has 6 heteroatoms. The summed E-state index contributed by atoms with van der Waals surface area (Å²) >= 11 is 0. The van der Waals surface area contributed by atoms with Gasteiger partial charge in [0.2, 0.25) is 5.91 Å². The van der Waals surface area contributed by atoms with Crippen LogP contribution in [0.1, 0.15) is 11.1 Å². The van der Waals surface area contributed by atoms with Crippen molar-refractivity contribution in [2.24, 2.45) is 0 Å². The van der Waals surface area contributed by atoms with Gasteiger partial charge in [-0.3, -0.25) is 4.79 Å². The standard InChI is InChI=1S/C23H22FN3O2/c24-19-13-7-8-14-20(19)26-23(29)27-21(15-17-9-3-1-4-10-17)22(28)25-16-18-11-5-2-6-12-18/h1-14,21H,15-16H2,(H,25,28)(H2,26,27,29). The Balaban J connectivity index is 1.67. The molecular weight excluding hydrogens is 369 g/mol. The van der Waals surface area contributed by atoms with Gasteiger partial charge >= 0.3 is 6.03 Å². The van der Waals surface area contributed by atoms with Crippen LogP contribution in [0.5, 0.6) is 0 Å². The third kappa shape index (κ3) is 6.17. The molecule has 0 aromatic heterocycles. The van der Waals surface area contributed by atoms with Gasteiger partial charge in [-0.05, 0) is 23.3 Å². The Labute approximate surface area is 169 Å². The largest absolute Gasteiger partial charge is 0.350 e. The molecule has 0 saturated carbocycles. The van der Waals surface area contributed by atoms with E-state index in [1.807, 2.05) is 60.7 Å². The fraction of sp³-hybridized carbons (Fsp3) is 0.130. The zero-order chi connectivity index (χ0) is 20.5. The van der Waals surface area contributed by atoms with Gasteiger partial charge in [-0.15, -0.1) is 0 Å². The molecule has 0 aliphatic heterocycles. The molecule has 0 aliphatic carbocycles. The first-order chi connectivity index (χ1) is 14.1. The molecule has 3 N–H and O–H groups in total. The fourth-order valence-electron chi connectivity index (χ4n) is 2.85. The molecule has 3 rings (SSSR count). The number of nitrogens with one attached hydrogen (secondary N) is 3. The smallest absolute Gasteiger partial charge is 0.319 e. The van der Waals surface area contributed by atoms with E-state index in [1.165, 1.54) is 18.2 Å². The molecule has 3 amide bonds. The molecule has 1 atom stereocenters. The van der Waals surface area contributed by atoms with E-state index in [2.05, 4.69) is 16.0 Å². The maximum absolute atomic E-state index is 13.8. The van der Waals surface area contributed by atoms with Crippen LogP contribution in [0.4, 0.5) is 14.9 Å². The molecule has 3 aromatic carbocycles. The summed E-state index contributed by atoms with van der Waals surface area (Å²) in [5.41, 5.74) is 1.90. The van der Waals surface area contributed by atoms with E-state index in [4.69, 9.17) is 0 Å². The van der Waals surface area contributed by atoms with Crippen molar-refractivity contribution in [2.75, 3.05) is 5.32 Å². The molecule has 5 nitrogen and oxygen atoms in total. The number of urea groups is 1. The van der Waals surface area contributed by atoms with Gasteiger partial charge in [0.15, 0.2) is 0 Å². The topological polar surface area (TPSA) is 70.2 Å². The lowest BCUT2D eigenvalue weighted by Gasteiger charge is -2.19. The third-order valence-corrected chi connectivity index (χ3v) is 4.34. The van der Waals surface area contributed by atoms with Crippen LogP contribution >= 0.6 is 0 Å². The van der Waals surface area contributed by atoms with Crippen LogP contribution in [-0.2, 0) is 17.8 Å². The molecule has 0 heterocycles. The summed E-state index contributed by atoms with van der Waals surface area (Å²) in [7, 11) is 0.